The largest absolute Gasteiger partial charge is 0.466 e. The SMILES string of the molecule is CCCC/C=C\C/C=C\CCCCCCCC(=O)OCCCCCC/C=C\CCCC(=O)NC(CO)C(O)CCCCCCCCCCCCCCCCC. The first-order valence-corrected chi connectivity index (χ1v) is 23.7. The van der Waals surface area contributed by atoms with E-state index in [0.29, 0.717) is 25.9 Å². The number of rotatable bonds is 43. The second kappa shape index (κ2) is 44.8. The van der Waals surface area contributed by atoms with Gasteiger partial charge in [-0.1, -0.05) is 192 Å². The van der Waals surface area contributed by atoms with E-state index in [-0.39, 0.29) is 18.5 Å². The highest BCUT2D eigenvalue weighted by Crippen LogP contribution is 2.15. The molecule has 0 aliphatic carbocycles. The van der Waals surface area contributed by atoms with Crippen molar-refractivity contribution >= 4 is 11.9 Å². The molecule has 0 spiro atoms. The number of nitrogens with one attached hydrogen (secondary N) is 1. The Labute approximate surface area is 341 Å². The van der Waals surface area contributed by atoms with Gasteiger partial charge in [0.05, 0.1) is 25.4 Å². The van der Waals surface area contributed by atoms with Gasteiger partial charge >= 0.3 is 5.97 Å². The number of hydrogen-bond donors (Lipinski definition) is 3. The summed E-state index contributed by atoms with van der Waals surface area (Å²) < 4.78 is 5.42. The van der Waals surface area contributed by atoms with Crippen LogP contribution in [0.1, 0.15) is 239 Å². The van der Waals surface area contributed by atoms with Crippen LogP contribution in [0.2, 0.25) is 0 Å². The van der Waals surface area contributed by atoms with Crippen LogP contribution in [0.3, 0.4) is 0 Å². The van der Waals surface area contributed by atoms with Crippen LogP contribution >= 0.6 is 0 Å². The van der Waals surface area contributed by atoms with Gasteiger partial charge in [0.1, 0.15) is 0 Å². The predicted molar refractivity (Wildman–Crippen MR) is 236 cm³/mol. The number of esters is 1. The van der Waals surface area contributed by atoms with E-state index in [1.165, 1.54) is 122 Å². The zero-order valence-corrected chi connectivity index (χ0v) is 36.4. The first-order chi connectivity index (χ1) is 27.0. The highest BCUT2D eigenvalue weighted by Gasteiger charge is 2.19. The minimum Gasteiger partial charge on any atom is -0.466 e. The molecule has 0 radical (unpaired) electrons. The van der Waals surface area contributed by atoms with E-state index in [2.05, 4.69) is 55.6 Å². The minimum atomic E-state index is -0.696. The summed E-state index contributed by atoms with van der Waals surface area (Å²) in [7, 11) is 0. The van der Waals surface area contributed by atoms with Crippen molar-refractivity contribution in [2.45, 2.75) is 251 Å². The standard InChI is InChI=1S/C49H91NO5/c1-3-5-7-9-11-13-15-17-19-20-22-25-29-33-37-41-47(52)46(45-51)50-48(53)42-38-34-30-26-24-28-32-36-40-44-55-49(54)43-39-35-31-27-23-21-18-16-14-12-10-8-6-4-2/h10,12,16,18,26,30,46-47,51-52H,3-9,11,13-15,17,19-25,27-29,31-45H2,1-2H3,(H,50,53)/b12-10-,18-16-,30-26-. The van der Waals surface area contributed by atoms with Crippen molar-refractivity contribution in [1.29, 1.82) is 0 Å². The summed E-state index contributed by atoms with van der Waals surface area (Å²) in [6.45, 7) is 4.80. The normalized spacial score (nSPS) is 13.0. The maximum Gasteiger partial charge on any atom is 0.305 e. The summed E-state index contributed by atoms with van der Waals surface area (Å²) in [5.74, 6) is -0.149. The Bertz CT molecular complexity index is 900. The van der Waals surface area contributed by atoms with Gasteiger partial charge in [0, 0.05) is 12.8 Å². The van der Waals surface area contributed by atoms with Crippen molar-refractivity contribution in [1.82, 2.24) is 5.32 Å². The molecule has 1 amide bonds. The van der Waals surface area contributed by atoms with Crippen molar-refractivity contribution in [2.24, 2.45) is 0 Å². The van der Waals surface area contributed by atoms with Crippen LogP contribution in [0.4, 0.5) is 0 Å². The average molecular weight is 774 g/mol. The monoisotopic (exact) mass is 774 g/mol. The number of amides is 1. The summed E-state index contributed by atoms with van der Waals surface area (Å²) >= 11 is 0. The minimum absolute atomic E-state index is 0.0509. The number of carbonyl (C=O) groups is 2. The third-order valence-electron chi connectivity index (χ3n) is 10.7. The first kappa shape index (κ1) is 53.1. The quantitative estimate of drug-likeness (QED) is 0.0326. The van der Waals surface area contributed by atoms with Crippen LogP contribution in [0.5, 0.6) is 0 Å². The molecule has 322 valence electrons. The summed E-state index contributed by atoms with van der Waals surface area (Å²) in [6, 6.07) is -0.580. The maximum absolute atomic E-state index is 12.4. The smallest absolute Gasteiger partial charge is 0.305 e. The number of hydrogen-bond acceptors (Lipinski definition) is 5. The topological polar surface area (TPSA) is 95.9 Å². The molecule has 0 bridgehead atoms. The lowest BCUT2D eigenvalue weighted by atomic mass is 10.0. The van der Waals surface area contributed by atoms with Gasteiger partial charge < -0.3 is 20.3 Å². The van der Waals surface area contributed by atoms with Gasteiger partial charge in [-0.15, -0.1) is 0 Å². The lowest BCUT2D eigenvalue weighted by Crippen LogP contribution is -2.45. The molecule has 3 N–H and O–H groups in total. The molecule has 0 rings (SSSR count). The molecule has 0 aromatic carbocycles. The molecule has 6 heteroatoms. The zero-order valence-electron chi connectivity index (χ0n) is 36.4. The van der Waals surface area contributed by atoms with E-state index in [1.54, 1.807) is 0 Å². The predicted octanol–water partition coefficient (Wildman–Crippen LogP) is 13.7. The number of carbonyl (C=O) groups excluding carboxylic acids is 2. The van der Waals surface area contributed by atoms with Crippen LogP contribution in [0.15, 0.2) is 36.5 Å². The van der Waals surface area contributed by atoms with Crippen LogP contribution in [0, 0.1) is 0 Å². The second-order valence-corrected chi connectivity index (χ2v) is 16.1. The molecule has 0 aromatic heterocycles. The van der Waals surface area contributed by atoms with Gasteiger partial charge in [0.25, 0.3) is 0 Å². The van der Waals surface area contributed by atoms with E-state index in [9.17, 15) is 19.8 Å². The average Bonchev–Trinajstić information content (AvgIpc) is 3.18. The highest BCUT2D eigenvalue weighted by molar-refractivity contribution is 5.76. The van der Waals surface area contributed by atoms with Gasteiger partial charge in [-0.05, 0) is 70.6 Å². The van der Waals surface area contributed by atoms with E-state index in [0.717, 1.165) is 83.5 Å². The molecule has 2 unspecified atom stereocenters. The van der Waals surface area contributed by atoms with Crippen molar-refractivity contribution < 1.29 is 24.5 Å². The first-order valence-electron chi connectivity index (χ1n) is 23.7. The number of aliphatic hydroxyl groups is 2. The molecule has 55 heavy (non-hydrogen) atoms. The summed E-state index contributed by atoms with van der Waals surface area (Å²) in [4.78, 5) is 24.4. The fraction of sp³-hybridized carbons (Fsp3) is 0.837. The Kier molecular flexibility index (Phi) is 43.2. The third-order valence-corrected chi connectivity index (χ3v) is 10.7. The molecule has 0 saturated carbocycles. The summed E-state index contributed by atoms with van der Waals surface area (Å²) in [6.07, 6.45) is 52.5. The number of unbranched alkanes of at least 4 members (excludes halogenated alkanes) is 26. The van der Waals surface area contributed by atoms with Crippen molar-refractivity contribution in [3.8, 4) is 0 Å². The number of aliphatic hydroxyl groups excluding tert-OH is 2. The molecule has 2 atom stereocenters. The number of ether oxygens (including phenoxy) is 1. The van der Waals surface area contributed by atoms with Gasteiger partial charge in [0.15, 0.2) is 0 Å². The van der Waals surface area contributed by atoms with E-state index in [4.69, 9.17) is 4.74 Å². The van der Waals surface area contributed by atoms with Crippen LogP contribution in [-0.2, 0) is 14.3 Å². The lowest BCUT2D eigenvalue weighted by Gasteiger charge is -2.22. The van der Waals surface area contributed by atoms with Crippen molar-refractivity contribution in [3.63, 3.8) is 0 Å². The fourth-order valence-electron chi connectivity index (χ4n) is 6.95. The Morgan fingerprint density at radius 3 is 1.49 bits per heavy atom. The molecular weight excluding hydrogens is 683 g/mol. The Morgan fingerprint density at radius 2 is 0.945 bits per heavy atom. The molecule has 0 heterocycles. The summed E-state index contributed by atoms with van der Waals surface area (Å²) in [5, 5.41) is 23.1. The molecule has 6 nitrogen and oxygen atoms in total. The zero-order chi connectivity index (χ0) is 40.1. The molecule has 0 aliphatic rings. The Morgan fingerprint density at radius 1 is 0.509 bits per heavy atom. The van der Waals surface area contributed by atoms with E-state index in [1.807, 2.05) is 0 Å². The summed E-state index contributed by atoms with van der Waals surface area (Å²) in [5.41, 5.74) is 0. The fourth-order valence-corrected chi connectivity index (χ4v) is 6.95. The number of allylic oxidation sites excluding steroid dienone is 6. The maximum atomic E-state index is 12.4. The Hall–Kier alpha value is -1.92. The molecule has 0 saturated heterocycles. The van der Waals surface area contributed by atoms with Crippen LogP contribution < -0.4 is 5.32 Å². The van der Waals surface area contributed by atoms with Crippen molar-refractivity contribution in [2.75, 3.05) is 13.2 Å². The second-order valence-electron chi connectivity index (χ2n) is 16.1. The van der Waals surface area contributed by atoms with E-state index < -0.39 is 12.1 Å². The molecule has 0 aliphatic heterocycles. The van der Waals surface area contributed by atoms with Crippen molar-refractivity contribution in [3.05, 3.63) is 36.5 Å². The van der Waals surface area contributed by atoms with Crippen LogP contribution in [0.25, 0.3) is 0 Å². The molecular formula is C49H91NO5. The lowest BCUT2D eigenvalue weighted by molar-refractivity contribution is -0.143. The molecule has 0 aromatic rings. The van der Waals surface area contributed by atoms with Gasteiger partial charge in [0.2, 0.25) is 5.91 Å². The van der Waals surface area contributed by atoms with Crippen LogP contribution in [-0.4, -0.2) is 47.4 Å². The van der Waals surface area contributed by atoms with E-state index >= 15 is 0 Å². The van der Waals surface area contributed by atoms with Gasteiger partial charge in [-0.25, -0.2) is 0 Å². The van der Waals surface area contributed by atoms with Gasteiger partial charge in [-0.2, -0.15) is 0 Å². The van der Waals surface area contributed by atoms with Gasteiger partial charge in [-0.3, -0.25) is 9.59 Å². The highest BCUT2D eigenvalue weighted by atomic mass is 16.5. The molecule has 0 fully saturated rings. The third kappa shape index (κ3) is 41.5. The Balaban J connectivity index is 3.57.